The molecule has 7 nitrogen and oxygen atoms in total. The number of aryl methyl sites for hydroxylation is 1. The molecule has 24 heavy (non-hydrogen) atoms. The van der Waals surface area contributed by atoms with Gasteiger partial charge in [-0.25, -0.2) is 0 Å². The second kappa shape index (κ2) is 6.94. The summed E-state index contributed by atoms with van der Waals surface area (Å²) in [7, 11) is 5.39. The fourth-order valence-electron chi connectivity index (χ4n) is 3.50. The van der Waals surface area contributed by atoms with Crippen molar-refractivity contribution in [2.45, 2.75) is 31.0 Å². The van der Waals surface area contributed by atoms with Crippen LogP contribution in [0.15, 0.2) is 18.3 Å². The van der Waals surface area contributed by atoms with Crippen molar-refractivity contribution < 1.29 is 14.3 Å². The SMILES string of the molecule is CN(C)C(=O)C[C@H]1CN2C[C@@H](NC(=O)c3cccn3C)C[C@H]2CO1. The lowest BCUT2D eigenvalue weighted by atomic mass is 10.1. The van der Waals surface area contributed by atoms with E-state index in [1.165, 1.54) is 0 Å². The second-order valence-electron chi connectivity index (χ2n) is 6.97. The third-order valence-corrected chi connectivity index (χ3v) is 4.90. The number of nitrogens with zero attached hydrogens (tertiary/aromatic N) is 3. The zero-order valence-corrected chi connectivity index (χ0v) is 14.6. The Bertz CT molecular complexity index is 613. The van der Waals surface area contributed by atoms with E-state index >= 15 is 0 Å². The van der Waals surface area contributed by atoms with Crippen molar-refractivity contribution in [2.75, 3.05) is 33.8 Å². The Hall–Kier alpha value is -1.86. The third kappa shape index (κ3) is 3.62. The number of hydrogen-bond donors (Lipinski definition) is 1. The van der Waals surface area contributed by atoms with Crippen LogP contribution in [0.5, 0.6) is 0 Å². The molecule has 0 saturated carbocycles. The quantitative estimate of drug-likeness (QED) is 0.847. The molecular weight excluding hydrogens is 308 g/mol. The van der Waals surface area contributed by atoms with E-state index in [2.05, 4.69) is 10.2 Å². The van der Waals surface area contributed by atoms with Gasteiger partial charge in [0, 0.05) is 52.5 Å². The molecule has 3 atom stereocenters. The maximum Gasteiger partial charge on any atom is 0.268 e. The van der Waals surface area contributed by atoms with Crippen LogP contribution in [-0.4, -0.2) is 78.2 Å². The van der Waals surface area contributed by atoms with Crippen LogP contribution in [-0.2, 0) is 16.6 Å². The van der Waals surface area contributed by atoms with E-state index in [0.29, 0.717) is 24.8 Å². The molecule has 2 fully saturated rings. The average molecular weight is 334 g/mol. The minimum Gasteiger partial charge on any atom is -0.375 e. The van der Waals surface area contributed by atoms with Crippen molar-refractivity contribution >= 4 is 11.8 Å². The van der Waals surface area contributed by atoms with Gasteiger partial charge in [0.2, 0.25) is 5.91 Å². The summed E-state index contributed by atoms with van der Waals surface area (Å²) in [6.07, 6.45) is 3.12. The Kier molecular flexibility index (Phi) is 4.91. The summed E-state index contributed by atoms with van der Waals surface area (Å²) in [5, 5.41) is 3.12. The molecular formula is C17H26N4O3. The number of fused-ring (bicyclic) bond motifs is 1. The summed E-state index contributed by atoms with van der Waals surface area (Å²) in [6, 6.07) is 4.15. The van der Waals surface area contributed by atoms with Gasteiger partial charge in [0.15, 0.2) is 0 Å². The van der Waals surface area contributed by atoms with Crippen LogP contribution in [0.2, 0.25) is 0 Å². The smallest absolute Gasteiger partial charge is 0.268 e. The second-order valence-corrected chi connectivity index (χ2v) is 6.97. The molecule has 2 saturated heterocycles. The molecule has 2 aliphatic heterocycles. The van der Waals surface area contributed by atoms with Crippen LogP contribution in [0.4, 0.5) is 0 Å². The van der Waals surface area contributed by atoms with Gasteiger partial charge in [-0.15, -0.1) is 0 Å². The predicted molar refractivity (Wildman–Crippen MR) is 89.7 cm³/mol. The van der Waals surface area contributed by atoms with Gasteiger partial charge in [-0.1, -0.05) is 0 Å². The molecule has 1 aromatic heterocycles. The largest absolute Gasteiger partial charge is 0.375 e. The lowest BCUT2D eigenvalue weighted by molar-refractivity contribution is -0.134. The first-order valence-corrected chi connectivity index (χ1v) is 8.42. The zero-order valence-electron chi connectivity index (χ0n) is 14.6. The van der Waals surface area contributed by atoms with Crippen molar-refractivity contribution in [1.29, 1.82) is 0 Å². The molecule has 1 aromatic rings. The first-order valence-electron chi connectivity index (χ1n) is 8.42. The Morgan fingerprint density at radius 2 is 2.17 bits per heavy atom. The molecule has 132 valence electrons. The number of aromatic nitrogens is 1. The molecule has 2 amide bonds. The average Bonchev–Trinajstić information content (AvgIpc) is 3.12. The van der Waals surface area contributed by atoms with Crippen molar-refractivity contribution in [2.24, 2.45) is 7.05 Å². The van der Waals surface area contributed by atoms with E-state index in [1.807, 2.05) is 29.9 Å². The Morgan fingerprint density at radius 3 is 2.83 bits per heavy atom. The number of ether oxygens (including phenoxy) is 1. The number of amides is 2. The summed E-state index contributed by atoms with van der Waals surface area (Å²) in [5.74, 6) is 0.0545. The highest BCUT2D eigenvalue weighted by Gasteiger charge is 2.38. The molecule has 0 bridgehead atoms. The van der Waals surface area contributed by atoms with Gasteiger partial charge in [0.25, 0.3) is 5.91 Å². The molecule has 2 aliphatic rings. The molecule has 0 aromatic carbocycles. The Balaban J connectivity index is 1.52. The van der Waals surface area contributed by atoms with Gasteiger partial charge in [0.1, 0.15) is 5.69 Å². The number of carbonyl (C=O) groups is 2. The molecule has 1 N–H and O–H groups in total. The van der Waals surface area contributed by atoms with E-state index < -0.39 is 0 Å². The fourth-order valence-corrected chi connectivity index (χ4v) is 3.50. The number of hydrogen-bond acceptors (Lipinski definition) is 4. The highest BCUT2D eigenvalue weighted by Crippen LogP contribution is 2.24. The van der Waals surface area contributed by atoms with Gasteiger partial charge < -0.3 is 19.5 Å². The van der Waals surface area contributed by atoms with Crippen LogP contribution in [0.25, 0.3) is 0 Å². The number of rotatable bonds is 4. The van der Waals surface area contributed by atoms with Crippen LogP contribution < -0.4 is 5.32 Å². The van der Waals surface area contributed by atoms with E-state index in [0.717, 1.165) is 19.5 Å². The maximum absolute atomic E-state index is 12.3. The lowest BCUT2D eigenvalue weighted by Gasteiger charge is -2.35. The van der Waals surface area contributed by atoms with Crippen molar-refractivity contribution in [3.8, 4) is 0 Å². The minimum atomic E-state index is -0.0570. The van der Waals surface area contributed by atoms with Gasteiger partial charge in [0.05, 0.1) is 19.1 Å². The number of morpholine rings is 1. The molecule has 0 spiro atoms. The normalized spacial score (nSPS) is 26.9. The standard InChI is InChI=1S/C17H26N4O3/c1-19(2)16(22)8-14-10-21-9-12(7-13(21)11-24-14)18-17(23)15-5-4-6-20(15)3/h4-6,12-14H,7-11H2,1-3H3,(H,18,23)/t12-,13-,14-/m0/s1. The monoisotopic (exact) mass is 334 g/mol. The summed E-state index contributed by atoms with van der Waals surface area (Å²) < 4.78 is 7.67. The van der Waals surface area contributed by atoms with Crippen LogP contribution in [0.1, 0.15) is 23.3 Å². The van der Waals surface area contributed by atoms with Gasteiger partial charge in [-0.05, 0) is 18.6 Å². The Morgan fingerprint density at radius 1 is 1.38 bits per heavy atom. The van der Waals surface area contributed by atoms with Crippen molar-refractivity contribution in [3.05, 3.63) is 24.0 Å². The minimum absolute atomic E-state index is 0.0346. The number of carbonyl (C=O) groups excluding carboxylic acids is 2. The summed E-state index contributed by atoms with van der Waals surface area (Å²) in [6.45, 7) is 2.19. The zero-order chi connectivity index (χ0) is 17.3. The topological polar surface area (TPSA) is 66.8 Å². The molecule has 3 heterocycles. The van der Waals surface area contributed by atoms with Crippen LogP contribution in [0, 0.1) is 0 Å². The van der Waals surface area contributed by atoms with Crippen LogP contribution in [0.3, 0.4) is 0 Å². The van der Waals surface area contributed by atoms with Gasteiger partial charge >= 0.3 is 0 Å². The Labute approximate surface area is 142 Å². The summed E-state index contributed by atoms with van der Waals surface area (Å²) in [4.78, 5) is 28.1. The van der Waals surface area contributed by atoms with E-state index in [4.69, 9.17) is 4.74 Å². The molecule has 0 unspecified atom stereocenters. The van der Waals surface area contributed by atoms with Crippen LogP contribution >= 0.6 is 0 Å². The molecule has 3 rings (SSSR count). The van der Waals surface area contributed by atoms with Gasteiger partial charge in [-0.2, -0.15) is 0 Å². The molecule has 0 aliphatic carbocycles. The number of nitrogens with one attached hydrogen (secondary N) is 1. The highest BCUT2D eigenvalue weighted by molar-refractivity contribution is 5.92. The first kappa shape index (κ1) is 17.0. The van der Waals surface area contributed by atoms with Crippen molar-refractivity contribution in [1.82, 2.24) is 19.7 Å². The summed E-state index contributed by atoms with van der Waals surface area (Å²) in [5.41, 5.74) is 0.672. The molecule has 7 heteroatoms. The maximum atomic E-state index is 12.3. The van der Waals surface area contributed by atoms with E-state index in [-0.39, 0.29) is 24.0 Å². The van der Waals surface area contributed by atoms with E-state index in [9.17, 15) is 9.59 Å². The van der Waals surface area contributed by atoms with E-state index in [1.54, 1.807) is 19.0 Å². The highest BCUT2D eigenvalue weighted by atomic mass is 16.5. The lowest BCUT2D eigenvalue weighted by Crippen LogP contribution is -2.47. The first-order chi connectivity index (χ1) is 11.4. The molecule has 0 radical (unpaired) electrons. The van der Waals surface area contributed by atoms with Crippen molar-refractivity contribution in [3.63, 3.8) is 0 Å². The fraction of sp³-hybridized carbons (Fsp3) is 0.647. The predicted octanol–water partition coefficient (Wildman–Crippen LogP) is 0.0749. The third-order valence-electron chi connectivity index (χ3n) is 4.90. The van der Waals surface area contributed by atoms with Gasteiger partial charge in [-0.3, -0.25) is 14.5 Å². The summed E-state index contributed by atoms with van der Waals surface area (Å²) >= 11 is 0.